The molecule has 1 saturated heterocycles. The number of carbonyl (C=O) groups excluding carboxylic acids is 1. The lowest BCUT2D eigenvalue weighted by molar-refractivity contribution is -0.212. The van der Waals surface area contributed by atoms with Crippen LogP contribution in [0.15, 0.2) is 12.2 Å². The minimum absolute atomic E-state index is 0.230. The molecule has 2 saturated carbocycles. The largest absolute Gasteiger partial charge is 0.347 e. The number of fused-ring (bicyclic) bond motifs is 3. The minimum Gasteiger partial charge on any atom is -0.347 e. The lowest BCUT2D eigenvalue weighted by atomic mass is 9.65. The number of hydrogen-bond acceptors (Lipinski definition) is 3. The molecule has 0 aromatic heterocycles. The van der Waals surface area contributed by atoms with Gasteiger partial charge in [0.2, 0.25) is 0 Å². The smallest absolute Gasteiger partial charge is 0.171 e. The van der Waals surface area contributed by atoms with E-state index in [9.17, 15) is 4.79 Å². The first kappa shape index (κ1) is 13.3. The molecule has 3 aliphatic rings. The Bertz CT molecular complexity index is 383. The van der Waals surface area contributed by atoms with Gasteiger partial charge in [-0.3, -0.25) is 0 Å². The van der Waals surface area contributed by atoms with E-state index in [0.717, 1.165) is 51.6 Å². The van der Waals surface area contributed by atoms with E-state index in [1.807, 2.05) is 0 Å². The topological polar surface area (TPSA) is 35.5 Å². The molecule has 19 heavy (non-hydrogen) atoms. The molecular formula is C16H24O3. The third-order valence-corrected chi connectivity index (χ3v) is 5.76. The van der Waals surface area contributed by atoms with Crippen LogP contribution in [0.2, 0.25) is 0 Å². The molecule has 0 aromatic carbocycles. The molecule has 1 spiro atoms. The van der Waals surface area contributed by atoms with Crippen molar-refractivity contribution in [2.45, 2.75) is 51.2 Å². The highest BCUT2D eigenvalue weighted by atomic mass is 16.7. The maximum Gasteiger partial charge on any atom is 0.171 e. The van der Waals surface area contributed by atoms with Crippen molar-refractivity contribution in [2.75, 3.05) is 13.2 Å². The number of rotatable bonds is 4. The van der Waals surface area contributed by atoms with E-state index >= 15 is 0 Å². The maximum atomic E-state index is 10.7. The van der Waals surface area contributed by atoms with Crippen LogP contribution in [0.4, 0.5) is 0 Å². The molecule has 2 bridgehead atoms. The molecule has 0 aromatic rings. The van der Waals surface area contributed by atoms with E-state index in [4.69, 9.17) is 9.47 Å². The van der Waals surface area contributed by atoms with Crippen molar-refractivity contribution in [3.8, 4) is 0 Å². The Kier molecular flexibility index (Phi) is 3.30. The van der Waals surface area contributed by atoms with Crippen LogP contribution in [-0.2, 0) is 14.3 Å². The lowest BCUT2D eigenvalue weighted by Gasteiger charge is -2.44. The molecule has 3 fully saturated rings. The summed E-state index contributed by atoms with van der Waals surface area (Å²) in [6, 6.07) is 0. The summed E-state index contributed by atoms with van der Waals surface area (Å²) in [5.41, 5.74) is 1.52. The molecule has 1 aliphatic heterocycles. The number of allylic oxidation sites excluding steroid dienone is 1. The van der Waals surface area contributed by atoms with Crippen LogP contribution in [0.5, 0.6) is 0 Å². The summed E-state index contributed by atoms with van der Waals surface area (Å²) >= 11 is 0. The van der Waals surface area contributed by atoms with Gasteiger partial charge >= 0.3 is 0 Å². The first-order chi connectivity index (χ1) is 9.13. The fraction of sp³-hybridized carbons (Fsp3) is 0.812. The highest BCUT2D eigenvalue weighted by Gasteiger charge is 2.60. The van der Waals surface area contributed by atoms with Crippen LogP contribution < -0.4 is 0 Å². The van der Waals surface area contributed by atoms with Crippen molar-refractivity contribution in [1.29, 1.82) is 0 Å². The van der Waals surface area contributed by atoms with Crippen LogP contribution in [0.1, 0.15) is 45.4 Å². The number of carbonyl (C=O) groups is 1. The summed E-state index contributed by atoms with van der Waals surface area (Å²) in [6.07, 6.45) is 7.05. The Labute approximate surface area is 115 Å². The van der Waals surface area contributed by atoms with Crippen LogP contribution >= 0.6 is 0 Å². The highest BCUT2D eigenvalue weighted by Crippen LogP contribution is 2.63. The molecule has 3 atom stereocenters. The van der Waals surface area contributed by atoms with Crippen LogP contribution in [0.25, 0.3) is 0 Å². The number of ether oxygens (including phenoxy) is 2. The van der Waals surface area contributed by atoms with Crippen LogP contribution in [-0.4, -0.2) is 25.3 Å². The summed E-state index contributed by atoms with van der Waals surface area (Å²) in [7, 11) is 0. The first-order valence-electron chi connectivity index (χ1n) is 7.50. The fourth-order valence-corrected chi connectivity index (χ4v) is 4.75. The number of aldehydes is 1. The van der Waals surface area contributed by atoms with Crippen molar-refractivity contribution in [3.63, 3.8) is 0 Å². The average Bonchev–Trinajstić information content (AvgIpc) is 2.96. The zero-order valence-corrected chi connectivity index (χ0v) is 11.8. The van der Waals surface area contributed by atoms with Gasteiger partial charge in [-0.15, -0.1) is 0 Å². The lowest BCUT2D eigenvalue weighted by Crippen LogP contribution is -2.43. The Morgan fingerprint density at radius 1 is 1.37 bits per heavy atom. The van der Waals surface area contributed by atoms with E-state index in [2.05, 4.69) is 13.5 Å². The third kappa shape index (κ3) is 1.90. The van der Waals surface area contributed by atoms with Crippen molar-refractivity contribution in [1.82, 2.24) is 0 Å². The van der Waals surface area contributed by atoms with Gasteiger partial charge < -0.3 is 14.3 Å². The SMILES string of the molecule is C=C(C)[C@]12CCC3(OCCO3)[C@H](C[C@@H]1CCC=O)C2. The predicted molar refractivity (Wildman–Crippen MR) is 72.6 cm³/mol. The Morgan fingerprint density at radius 3 is 2.74 bits per heavy atom. The van der Waals surface area contributed by atoms with Crippen LogP contribution in [0.3, 0.4) is 0 Å². The van der Waals surface area contributed by atoms with Crippen LogP contribution in [0, 0.1) is 17.3 Å². The third-order valence-electron chi connectivity index (χ3n) is 5.76. The average molecular weight is 264 g/mol. The first-order valence-corrected chi connectivity index (χ1v) is 7.50. The summed E-state index contributed by atoms with van der Waals surface area (Å²) in [6.45, 7) is 7.87. The molecular weight excluding hydrogens is 240 g/mol. The van der Waals surface area contributed by atoms with Gasteiger partial charge in [-0.2, -0.15) is 0 Å². The normalized spacial score (nSPS) is 39.6. The van der Waals surface area contributed by atoms with Crippen molar-refractivity contribution in [3.05, 3.63) is 12.2 Å². The fourth-order valence-electron chi connectivity index (χ4n) is 4.75. The van der Waals surface area contributed by atoms with Gasteiger partial charge in [0, 0.05) is 18.8 Å². The van der Waals surface area contributed by atoms with E-state index in [0.29, 0.717) is 18.3 Å². The Hall–Kier alpha value is -0.670. The molecule has 0 unspecified atom stereocenters. The molecule has 0 N–H and O–H groups in total. The summed E-state index contributed by atoms with van der Waals surface area (Å²) in [5.74, 6) is 0.749. The molecule has 0 amide bonds. The van der Waals surface area contributed by atoms with Gasteiger partial charge in [-0.05, 0) is 43.9 Å². The molecule has 3 nitrogen and oxygen atoms in total. The molecule has 2 aliphatic carbocycles. The van der Waals surface area contributed by atoms with Gasteiger partial charge in [0.25, 0.3) is 0 Å². The zero-order chi connectivity index (χ0) is 13.5. The second-order valence-electron chi connectivity index (χ2n) is 6.52. The maximum absolute atomic E-state index is 10.7. The van der Waals surface area contributed by atoms with Crippen molar-refractivity contribution in [2.24, 2.45) is 17.3 Å². The monoisotopic (exact) mass is 264 g/mol. The summed E-state index contributed by atoms with van der Waals surface area (Å²) in [4.78, 5) is 10.7. The van der Waals surface area contributed by atoms with E-state index in [-0.39, 0.29) is 11.2 Å². The van der Waals surface area contributed by atoms with Gasteiger partial charge in [-0.25, -0.2) is 0 Å². The Balaban J connectivity index is 1.84. The molecule has 3 rings (SSSR count). The molecule has 3 heteroatoms. The molecule has 106 valence electrons. The van der Waals surface area contributed by atoms with Crippen molar-refractivity contribution < 1.29 is 14.3 Å². The second-order valence-corrected chi connectivity index (χ2v) is 6.52. The van der Waals surface area contributed by atoms with E-state index < -0.39 is 0 Å². The van der Waals surface area contributed by atoms with E-state index in [1.165, 1.54) is 5.57 Å². The molecule has 0 radical (unpaired) electrons. The Morgan fingerprint density at radius 2 is 2.11 bits per heavy atom. The second kappa shape index (κ2) is 4.71. The van der Waals surface area contributed by atoms with Gasteiger partial charge in [0.05, 0.1) is 13.2 Å². The van der Waals surface area contributed by atoms with Gasteiger partial charge in [0.1, 0.15) is 6.29 Å². The van der Waals surface area contributed by atoms with Gasteiger partial charge in [-0.1, -0.05) is 12.2 Å². The summed E-state index contributed by atoms with van der Waals surface area (Å²) in [5, 5.41) is 0. The van der Waals surface area contributed by atoms with Crippen molar-refractivity contribution >= 4 is 6.29 Å². The minimum atomic E-state index is -0.311. The van der Waals surface area contributed by atoms with E-state index in [1.54, 1.807) is 0 Å². The zero-order valence-electron chi connectivity index (χ0n) is 11.8. The quantitative estimate of drug-likeness (QED) is 0.578. The number of hydrogen-bond donors (Lipinski definition) is 0. The summed E-state index contributed by atoms with van der Waals surface area (Å²) < 4.78 is 11.9. The highest BCUT2D eigenvalue weighted by molar-refractivity contribution is 5.49. The van der Waals surface area contributed by atoms with Gasteiger partial charge in [0.15, 0.2) is 5.79 Å². The standard InChI is InChI=1S/C16H24O3/c1-12(2)15-5-6-16(18-8-9-19-16)14(11-15)10-13(15)4-3-7-17/h7,13-14H,1,3-6,8-11H2,2H3/t13-,14+,15+/m0/s1. The predicted octanol–water partition coefficient (Wildman–Crippen LogP) is 3.09. The molecule has 1 heterocycles.